The summed E-state index contributed by atoms with van der Waals surface area (Å²) in [6.07, 6.45) is 8.38. The molecular weight excluding hydrogens is 290 g/mol. The highest BCUT2D eigenvalue weighted by Gasteiger charge is 2.64. The Balaban J connectivity index is 1.49. The summed E-state index contributed by atoms with van der Waals surface area (Å²) in [6, 6.07) is 8.16. The maximum absolute atomic E-state index is 4.53. The van der Waals surface area contributed by atoms with Gasteiger partial charge in [-0.05, 0) is 86.8 Å². The maximum atomic E-state index is 4.53. The van der Waals surface area contributed by atoms with Crippen molar-refractivity contribution in [3.8, 4) is 0 Å². The molecular formula is C23H29N. The normalized spacial score (nSPS) is 43.0. The lowest BCUT2D eigenvalue weighted by Gasteiger charge is -2.59. The highest BCUT2D eigenvalue weighted by Crippen LogP contribution is 2.67. The summed E-state index contributed by atoms with van der Waals surface area (Å²) in [5, 5.41) is 0. The minimum Gasteiger partial charge on any atom is -0.299 e. The molecule has 4 fully saturated rings. The molecule has 5 atom stereocenters. The van der Waals surface area contributed by atoms with Crippen molar-refractivity contribution in [3.63, 3.8) is 0 Å². The number of benzene rings is 1. The van der Waals surface area contributed by atoms with Crippen molar-refractivity contribution in [2.75, 3.05) is 13.1 Å². The summed E-state index contributed by atoms with van der Waals surface area (Å²) in [5.41, 5.74) is 6.85. The second-order valence-corrected chi connectivity index (χ2v) is 9.64. The van der Waals surface area contributed by atoms with E-state index in [2.05, 4.69) is 36.6 Å². The van der Waals surface area contributed by atoms with Crippen LogP contribution < -0.4 is 0 Å². The fourth-order valence-electron chi connectivity index (χ4n) is 6.87. The Hall–Kier alpha value is -1.08. The van der Waals surface area contributed by atoms with Crippen LogP contribution in [0.25, 0.3) is 0 Å². The molecule has 0 radical (unpaired) electrons. The third-order valence-corrected chi connectivity index (χ3v) is 8.16. The van der Waals surface area contributed by atoms with Crippen LogP contribution in [0.3, 0.4) is 0 Å². The number of piperidine rings is 1. The zero-order valence-electron chi connectivity index (χ0n) is 14.9. The predicted molar refractivity (Wildman–Crippen MR) is 98.1 cm³/mol. The molecule has 5 aliphatic rings. The summed E-state index contributed by atoms with van der Waals surface area (Å²) in [7, 11) is 0. The predicted octanol–water partition coefficient (Wildman–Crippen LogP) is 4.49. The molecule has 0 spiro atoms. The summed E-state index contributed by atoms with van der Waals surface area (Å²) in [6.45, 7) is 9.52. The van der Waals surface area contributed by atoms with E-state index in [1.54, 1.807) is 16.7 Å². The van der Waals surface area contributed by atoms with Gasteiger partial charge in [0.25, 0.3) is 0 Å². The SMILES string of the molecule is C=C1C[C@]23CCN(CC4CC4)[C@H](Cc4ccc(C)cc42)C3C2CC12. The van der Waals surface area contributed by atoms with Crippen molar-refractivity contribution in [1.82, 2.24) is 4.90 Å². The Bertz CT molecular complexity index is 730. The summed E-state index contributed by atoms with van der Waals surface area (Å²) in [4.78, 5) is 2.92. The van der Waals surface area contributed by atoms with Crippen molar-refractivity contribution in [3.05, 3.63) is 47.0 Å². The van der Waals surface area contributed by atoms with Crippen LogP contribution >= 0.6 is 0 Å². The topological polar surface area (TPSA) is 3.24 Å². The summed E-state index contributed by atoms with van der Waals surface area (Å²) in [5.74, 6) is 3.75. The average molecular weight is 319 g/mol. The Kier molecular flexibility index (Phi) is 2.68. The molecule has 3 unspecified atom stereocenters. The van der Waals surface area contributed by atoms with Crippen LogP contribution in [0.2, 0.25) is 0 Å². The highest BCUT2D eigenvalue weighted by molar-refractivity contribution is 5.47. The third-order valence-electron chi connectivity index (χ3n) is 8.16. The number of likely N-dealkylation sites (tertiary alicyclic amines) is 1. The van der Waals surface area contributed by atoms with Gasteiger partial charge in [-0.25, -0.2) is 0 Å². The van der Waals surface area contributed by atoms with E-state index in [1.165, 1.54) is 57.2 Å². The van der Waals surface area contributed by atoms with Crippen LogP contribution in [0.15, 0.2) is 30.4 Å². The van der Waals surface area contributed by atoms with Crippen LogP contribution in [0.1, 0.15) is 48.8 Å². The van der Waals surface area contributed by atoms with E-state index in [0.29, 0.717) is 5.41 Å². The molecule has 0 aromatic heterocycles. The van der Waals surface area contributed by atoms with Crippen molar-refractivity contribution >= 4 is 0 Å². The van der Waals surface area contributed by atoms with Gasteiger partial charge in [-0.1, -0.05) is 35.9 Å². The number of hydrogen-bond acceptors (Lipinski definition) is 1. The molecule has 1 heterocycles. The van der Waals surface area contributed by atoms with Gasteiger partial charge in [-0.15, -0.1) is 0 Å². The molecule has 1 nitrogen and oxygen atoms in total. The van der Waals surface area contributed by atoms with Crippen LogP contribution in [0.4, 0.5) is 0 Å². The van der Waals surface area contributed by atoms with Gasteiger partial charge in [0.2, 0.25) is 0 Å². The molecule has 1 heteroatoms. The van der Waals surface area contributed by atoms with Crippen molar-refractivity contribution in [2.45, 2.75) is 56.9 Å². The standard InChI is InChI=1S/C23H29N/c1-14-3-6-17-10-21-22-19-11-18(19)15(2)12-23(22,20(17)9-14)7-8-24(21)13-16-4-5-16/h3,6,9,16,18-19,21-22H,2,4-5,7-8,10-13H2,1H3/t18?,19?,21-,22?,23-/m1/s1. The van der Waals surface area contributed by atoms with E-state index in [4.69, 9.17) is 0 Å². The quantitative estimate of drug-likeness (QED) is 0.726. The third kappa shape index (κ3) is 1.80. The van der Waals surface area contributed by atoms with Crippen LogP contribution in [0.5, 0.6) is 0 Å². The number of aryl methyl sites for hydroxylation is 1. The molecule has 2 bridgehead atoms. The molecule has 6 rings (SSSR count). The molecule has 126 valence electrons. The Morgan fingerprint density at radius 2 is 2.17 bits per heavy atom. The fraction of sp³-hybridized carbons (Fsp3) is 0.652. The zero-order valence-corrected chi connectivity index (χ0v) is 14.9. The number of fused-ring (bicyclic) bond motifs is 2. The van der Waals surface area contributed by atoms with Gasteiger partial charge >= 0.3 is 0 Å². The number of nitrogens with zero attached hydrogens (tertiary/aromatic N) is 1. The van der Waals surface area contributed by atoms with E-state index < -0.39 is 0 Å². The van der Waals surface area contributed by atoms with Crippen LogP contribution in [-0.2, 0) is 11.8 Å². The number of allylic oxidation sites excluding steroid dienone is 1. The first kappa shape index (κ1) is 14.1. The average Bonchev–Trinajstić information content (AvgIpc) is 3.44. The first-order chi connectivity index (χ1) is 11.7. The van der Waals surface area contributed by atoms with Gasteiger partial charge < -0.3 is 0 Å². The lowest BCUT2D eigenvalue weighted by atomic mass is 9.51. The summed E-state index contributed by atoms with van der Waals surface area (Å²) >= 11 is 0. The molecule has 4 aliphatic carbocycles. The van der Waals surface area contributed by atoms with E-state index in [-0.39, 0.29) is 0 Å². The summed E-state index contributed by atoms with van der Waals surface area (Å²) < 4.78 is 0. The van der Waals surface area contributed by atoms with E-state index in [9.17, 15) is 0 Å². The molecule has 0 amide bonds. The Morgan fingerprint density at radius 1 is 1.29 bits per heavy atom. The van der Waals surface area contributed by atoms with Crippen LogP contribution in [0, 0.1) is 30.6 Å². The Labute approximate surface area is 146 Å². The maximum Gasteiger partial charge on any atom is 0.0176 e. The molecule has 3 saturated carbocycles. The lowest BCUT2D eigenvalue weighted by Crippen LogP contribution is -2.62. The van der Waals surface area contributed by atoms with Crippen LogP contribution in [-0.4, -0.2) is 24.0 Å². The molecule has 1 aromatic rings. The minimum atomic E-state index is 0.430. The van der Waals surface area contributed by atoms with Gasteiger partial charge in [0.15, 0.2) is 0 Å². The number of hydrogen-bond donors (Lipinski definition) is 0. The van der Waals surface area contributed by atoms with Gasteiger partial charge in [0.1, 0.15) is 0 Å². The highest BCUT2D eigenvalue weighted by atomic mass is 15.2. The first-order valence-corrected chi connectivity index (χ1v) is 10.2. The number of rotatable bonds is 2. The van der Waals surface area contributed by atoms with Crippen molar-refractivity contribution in [2.24, 2.45) is 23.7 Å². The molecule has 1 aromatic carbocycles. The van der Waals surface area contributed by atoms with Crippen molar-refractivity contribution < 1.29 is 0 Å². The second kappa shape index (κ2) is 4.55. The van der Waals surface area contributed by atoms with Gasteiger partial charge in [0.05, 0.1) is 0 Å². The molecule has 24 heavy (non-hydrogen) atoms. The van der Waals surface area contributed by atoms with E-state index in [1.807, 2.05) is 0 Å². The van der Waals surface area contributed by atoms with Gasteiger partial charge in [-0.2, -0.15) is 0 Å². The minimum absolute atomic E-state index is 0.430. The smallest absolute Gasteiger partial charge is 0.0176 e. The Morgan fingerprint density at radius 3 is 3.00 bits per heavy atom. The van der Waals surface area contributed by atoms with Crippen molar-refractivity contribution in [1.29, 1.82) is 0 Å². The van der Waals surface area contributed by atoms with E-state index in [0.717, 1.165) is 29.7 Å². The fourth-order valence-corrected chi connectivity index (χ4v) is 6.87. The molecule has 1 saturated heterocycles. The first-order valence-electron chi connectivity index (χ1n) is 10.2. The van der Waals surface area contributed by atoms with Gasteiger partial charge in [0, 0.05) is 18.0 Å². The monoisotopic (exact) mass is 319 g/mol. The zero-order chi connectivity index (χ0) is 16.1. The van der Waals surface area contributed by atoms with Gasteiger partial charge in [-0.3, -0.25) is 4.90 Å². The largest absolute Gasteiger partial charge is 0.299 e. The second-order valence-electron chi connectivity index (χ2n) is 9.64. The molecule has 1 aliphatic heterocycles. The molecule has 0 N–H and O–H groups in total. The lowest BCUT2D eigenvalue weighted by molar-refractivity contribution is -0.0110. The van der Waals surface area contributed by atoms with E-state index >= 15 is 0 Å².